The lowest BCUT2D eigenvalue weighted by molar-refractivity contribution is 0.563. The van der Waals surface area contributed by atoms with E-state index in [0.29, 0.717) is 6.54 Å². The van der Waals surface area contributed by atoms with Crippen molar-refractivity contribution in [3.8, 4) is 0 Å². The summed E-state index contributed by atoms with van der Waals surface area (Å²) < 4.78 is 2.16. The third kappa shape index (κ3) is 1.79. The fourth-order valence-electron chi connectivity index (χ4n) is 1.81. The van der Waals surface area contributed by atoms with E-state index in [-0.39, 0.29) is 5.41 Å². The van der Waals surface area contributed by atoms with E-state index in [2.05, 4.69) is 41.7 Å². The lowest BCUT2D eigenvalue weighted by atomic mass is 9.90. The molecule has 0 aliphatic heterocycles. The first-order valence-corrected chi connectivity index (χ1v) is 6.07. The van der Waals surface area contributed by atoms with E-state index in [1.807, 2.05) is 0 Å². The summed E-state index contributed by atoms with van der Waals surface area (Å²) in [5.74, 6) is 0. The molecule has 15 heavy (non-hydrogen) atoms. The molecule has 0 unspecified atom stereocenters. The van der Waals surface area contributed by atoms with Crippen LogP contribution in [0.5, 0.6) is 0 Å². The maximum absolute atomic E-state index is 5.65. The summed E-state index contributed by atoms with van der Waals surface area (Å²) in [5.41, 5.74) is 8.19. The van der Waals surface area contributed by atoms with Crippen molar-refractivity contribution in [2.45, 2.75) is 32.6 Å². The van der Waals surface area contributed by atoms with Gasteiger partial charge in [0.25, 0.3) is 0 Å². The predicted octanol–water partition coefficient (Wildman–Crippen LogP) is 2.19. The molecule has 0 amide bonds. The smallest absolute Gasteiger partial charge is 0.194 e. The minimum Gasteiger partial charge on any atom is -0.330 e. The van der Waals surface area contributed by atoms with Crippen LogP contribution >= 0.6 is 11.3 Å². The van der Waals surface area contributed by atoms with Gasteiger partial charge in [0.2, 0.25) is 0 Å². The van der Waals surface area contributed by atoms with Gasteiger partial charge in [-0.25, -0.2) is 4.98 Å². The number of thiazole rings is 1. The zero-order chi connectivity index (χ0) is 11.1. The summed E-state index contributed by atoms with van der Waals surface area (Å²) >= 11 is 1.68. The quantitative estimate of drug-likeness (QED) is 0.848. The van der Waals surface area contributed by atoms with Crippen LogP contribution < -0.4 is 5.73 Å². The van der Waals surface area contributed by atoms with Gasteiger partial charge in [-0.1, -0.05) is 20.8 Å². The molecule has 0 aliphatic rings. The molecule has 0 radical (unpaired) electrons. The molecule has 4 heteroatoms. The largest absolute Gasteiger partial charge is 0.330 e. The van der Waals surface area contributed by atoms with E-state index in [9.17, 15) is 0 Å². The van der Waals surface area contributed by atoms with Crippen molar-refractivity contribution in [3.63, 3.8) is 0 Å². The molecule has 0 fully saturated rings. The molecule has 2 aromatic heterocycles. The molecular formula is C11H17N3S. The van der Waals surface area contributed by atoms with Gasteiger partial charge in [0, 0.05) is 29.1 Å². The number of aromatic nitrogens is 2. The highest BCUT2D eigenvalue weighted by atomic mass is 32.1. The van der Waals surface area contributed by atoms with Crippen molar-refractivity contribution in [1.29, 1.82) is 0 Å². The van der Waals surface area contributed by atoms with Crippen molar-refractivity contribution in [2.24, 2.45) is 5.73 Å². The molecule has 0 aromatic carbocycles. The second-order valence-corrected chi connectivity index (χ2v) is 5.62. The molecule has 2 N–H and O–H groups in total. The van der Waals surface area contributed by atoms with Crippen LogP contribution in [0.4, 0.5) is 0 Å². The van der Waals surface area contributed by atoms with E-state index in [1.54, 1.807) is 11.3 Å². The summed E-state index contributed by atoms with van der Waals surface area (Å²) in [4.78, 5) is 5.76. The maximum Gasteiger partial charge on any atom is 0.194 e. The summed E-state index contributed by atoms with van der Waals surface area (Å²) in [6.45, 7) is 7.26. The van der Waals surface area contributed by atoms with Gasteiger partial charge in [-0.05, 0) is 6.54 Å². The fraction of sp³-hybridized carbons (Fsp3) is 0.545. The number of imidazole rings is 1. The molecule has 2 aromatic rings. The van der Waals surface area contributed by atoms with E-state index in [4.69, 9.17) is 5.73 Å². The second kappa shape index (κ2) is 3.61. The highest BCUT2D eigenvalue weighted by Gasteiger charge is 2.23. The normalized spacial score (nSPS) is 12.5. The van der Waals surface area contributed by atoms with E-state index < -0.39 is 0 Å². The lowest BCUT2D eigenvalue weighted by Gasteiger charge is -2.17. The third-order valence-electron chi connectivity index (χ3n) is 2.45. The molecule has 2 rings (SSSR count). The van der Waals surface area contributed by atoms with Gasteiger partial charge in [-0.15, -0.1) is 11.3 Å². The monoisotopic (exact) mass is 223 g/mol. The molecule has 82 valence electrons. The standard InChI is InChI=1S/C11H17N3S/c1-11(2,3)9-8(4-5-12)14-6-7-15-10(14)13-9/h6-7H,4-5,12H2,1-3H3. The zero-order valence-corrected chi connectivity index (χ0v) is 10.3. The Kier molecular flexibility index (Phi) is 2.56. The first-order chi connectivity index (χ1) is 7.04. The molecule has 3 nitrogen and oxygen atoms in total. The number of nitrogens with zero attached hydrogens (tertiary/aromatic N) is 2. The van der Waals surface area contributed by atoms with E-state index >= 15 is 0 Å². The van der Waals surface area contributed by atoms with Crippen LogP contribution in [0.15, 0.2) is 11.6 Å². The molecule has 0 atom stereocenters. The van der Waals surface area contributed by atoms with Gasteiger partial charge in [0.05, 0.1) is 5.69 Å². The molecule has 0 bridgehead atoms. The number of rotatable bonds is 2. The van der Waals surface area contributed by atoms with Gasteiger partial charge in [-0.2, -0.15) is 0 Å². The first-order valence-electron chi connectivity index (χ1n) is 5.19. The van der Waals surface area contributed by atoms with Crippen LogP contribution in [0.2, 0.25) is 0 Å². The highest BCUT2D eigenvalue weighted by Crippen LogP contribution is 2.28. The zero-order valence-electron chi connectivity index (χ0n) is 9.45. The number of hydrogen-bond acceptors (Lipinski definition) is 3. The van der Waals surface area contributed by atoms with Crippen LogP contribution in [-0.2, 0) is 11.8 Å². The Morgan fingerprint density at radius 2 is 2.20 bits per heavy atom. The van der Waals surface area contributed by atoms with Gasteiger partial charge >= 0.3 is 0 Å². The predicted molar refractivity (Wildman–Crippen MR) is 64.5 cm³/mol. The topological polar surface area (TPSA) is 43.3 Å². The van der Waals surface area contributed by atoms with Crippen LogP contribution in [0.25, 0.3) is 4.96 Å². The lowest BCUT2D eigenvalue weighted by Crippen LogP contribution is -2.17. The van der Waals surface area contributed by atoms with Crippen molar-refractivity contribution < 1.29 is 0 Å². The number of fused-ring (bicyclic) bond motifs is 1. The third-order valence-corrected chi connectivity index (χ3v) is 3.21. The van der Waals surface area contributed by atoms with Gasteiger partial charge in [0.1, 0.15) is 0 Å². The average Bonchev–Trinajstić information content (AvgIpc) is 2.65. The molecular weight excluding hydrogens is 206 g/mol. The summed E-state index contributed by atoms with van der Waals surface area (Å²) in [7, 11) is 0. The van der Waals surface area contributed by atoms with Crippen LogP contribution in [0.3, 0.4) is 0 Å². The SMILES string of the molecule is CC(C)(C)c1nc2sccn2c1CCN. The van der Waals surface area contributed by atoms with Crippen molar-refractivity contribution in [2.75, 3.05) is 6.54 Å². The summed E-state index contributed by atoms with van der Waals surface area (Å²) in [6.07, 6.45) is 2.97. The van der Waals surface area contributed by atoms with E-state index in [0.717, 1.165) is 11.4 Å². The molecule has 0 saturated heterocycles. The Morgan fingerprint density at radius 1 is 1.47 bits per heavy atom. The average molecular weight is 223 g/mol. The summed E-state index contributed by atoms with van der Waals surface area (Å²) in [5, 5.41) is 2.06. The minimum absolute atomic E-state index is 0.0935. The van der Waals surface area contributed by atoms with Gasteiger partial charge in [0.15, 0.2) is 4.96 Å². The number of nitrogens with two attached hydrogens (primary N) is 1. The Bertz CT molecular complexity index is 462. The molecule has 0 saturated carbocycles. The Balaban J connectivity index is 2.62. The maximum atomic E-state index is 5.65. The van der Waals surface area contributed by atoms with Crippen LogP contribution in [0.1, 0.15) is 32.2 Å². The Hall–Kier alpha value is -0.870. The number of hydrogen-bond donors (Lipinski definition) is 1. The van der Waals surface area contributed by atoms with Crippen LogP contribution in [0, 0.1) is 0 Å². The second-order valence-electron chi connectivity index (χ2n) is 4.75. The summed E-state index contributed by atoms with van der Waals surface area (Å²) in [6, 6.07) is 0. The van der Waals surface area contributed by atoms with Crippen molar-refractivity contribution in [1.82, 2.24) is 9.38 Å². The molecule has 2 heterocycles. The van der Waals surface area contributed by atoms with E-state index in [1.165, 1.54) is 11.4 Å². The Morgan fingerprint density at radius 3 is 2.80 bits per heavy atom. The van der Waals surface area contributed by atoms with Crippen molar-refractivity contribution >= 4 is 16.3 Å². The van der Waals surface area contributed by atoms with Crippen molar-refractivity contribution in [3.05, 3.63) is 23.0 Å². The van der Waals surface area contributed by atoms with Gasteiger partial charge in [-0.3, -0.25) is 4.40 Å². The van der Waals surface area contributed by atoms with Gasteiger partial charge < -0.3 is 5.73 Å². The van der Waals surface area contributed by atoms with Crippen LogP contribution in [-0.4, -0.2) is 15.9 Å². The minimum atomic E-state index is 0.0935. The molecule has 0 spiro atoms. The highest BCUT2D eigenvalue weighted by molar-refractivity contribution is 7.15. The Labute approximate surface area is 93.9 Å². The molecule has 0 aliphatic carbocycles. The fourth-order valence-corrected chi connectivity index (χ4v) is 2.54. The first kappa shape index (κ1) is 10.6.